The van der Waals surface area contributed by atoms with E-state index in [-0.39, 0.29) is 17.7 Å². The first kappa shape index (κ1) is 17.4. The zero-order valence-electron chi connectivity index (χ0n) is 13.8. The van der Waals surface area contributed by atoms with E-state index in [4.69, 9.17) is 4.74 Å². The van der Waals surface area contributed by atoms with Gasteiger partial charge in [-0.3, -0.25) is 4.79 Å². The van der Waals surface area contributed by atoms with Crippen molar-refractivity contribution in [1.82, 2.24) is 4.90 Å². The molecular weight excluding hydrogens is 304 g/mol. The van der Waals surface area contributed by atoms with E-state index in [1.54, 1.807) is 20.8 Å². The molecule has 1 atom stereocenters. The predicted molar refractivity (Wildman–Crippen MR) is 81.3 cm³/mol. The van der Waals surface area contributed by atoms with E-state index in [1.807, 2.05) is 0 Å². The lowest BCUT2D eigenvalue weighted by atomic mass is 9.95. The third-order valence-corrected chi connectivity index (χ3v) is 3.75. The topological polar surface area (TPSA) is 46.6 Å². The molecule has 1 aliphatic heterocycles. The summed E-state index contributed by atoms with van der Waals surface area (Å²) in [5, 5.41) is 0. The molecule has 1 unspecified atom stereocenters. The smallest absolute Gasteiger partial charge is 0.410 e. The molecule has 1 saturated heterocycles. The number of amides is 1. The Morgan fingerprint density at radius 3 is 2.48 bits per heavy atom. The summed E-state index contributed by atoms with van der Waals surface area (Å²) >= 11 is 0. The highest BCUT2D eigenvalue weighted by Crippen LogP contribution is 2.25. The number of aryl methyl sites for hydroxylation is 1. The number of hydrogen-bond acceptors (Lipinski definition) is 3. The first-order valence-corrected chi connectivity index (χ1v) is 7.57. The van der Waals surface area contributed by atoms with E-state index < -0.39 is 35.0 Å². The van der Waals surface area contributed by atoms with Crippen molar-refractivity contribution in [2.45, 2.75) is 39.7 Å². The van der Waals surface area contributed by atoms with Crippen LogP contribution in [-0.2, 0) is 4.74 Å². The summed E-state index contributed by atoms with van der Waals surface area (Å²) in [6.07, 6.45) is -0.0872. The number of rotatable bonds is 2. The van der Waals surface area contributed by atoms with Gasteiger partial charge in [0.2, 0.25) is 0 Å². The minimum absolute atomic E-state index is 0.154. The molecule has 23 heavy (non-hydrogen) atoms. The van der Waals surface area contributed by atoms with Gasteiger partial charge in [0.05, 0.1) is 5.56 Å². The summed E-state index contributed by atoms with van der Waals surface area (Å²) in [6.45, 7) is 7.23. The maximum Gasteiger partial charge on any atom is 0.410 e. The molecule has 6 heteroatoms. The van der Waals surface area contributed by atoms with E-state index in [0.717, 1.165) is 0 Å². The molecule has 1 fully saturated rings. The zero-order chi connectivity index (χ0) is 17.4. The second-order valence-electron chi connectivity index (χ2n) is 6.83. The molecule has 2 rings (SSSR count). The van der Waals surface area contributed by atoms with Crippen molar-refractivity contribution in [2.24, 2.45) is 5.92 Å². The Labute approximate surface area is 134 Å². The molecule has 1 aromatic rings. The molecule has 1 aromatic carbocycles. The number of carbonyl (C=O) groups is 2. The maximum absolute atomic E-state index is 13.9. The molecule has 1 amide bonds. The summed E-state index contributed by atoms with van der Waals surface area (Å²) in [6, 6.07) is 2.68. The monoisotopic (exact) mass is 325 g/mol. The molecule has 0 bridgehead atoms. The molecule has 0 radical (unpaired) electrons. The Morgan fingerprint density at radius 2 is 1.87 bits per heavy atom. The van der Waals surface area contributed by atoms with Crippen LogP contribution in [0.4, 0.5) is 13.6 Å². The van der Waals surface area contributed by atoms with Crippen LogP contribution in [0, 0.1) is 24.5 Å². The zero-order valence-corrected chi connectivity index (χ0v) is 13.8. The molecule has 1 heterocycles. The number of hydrogen-bond donors (Lipinski definition) is 0. The average Bonchev–Trinajstić information content (AvgIpc) is 2.92. The lowest BCUT2D eigenvalue weighted by Gasteiger charge is -2.24. The second-order valence-corrected chi connectivity index (χ2v) is 6.83. The van der Waals surface area contributed by atoms with Crippen molar-refractivity contribution in [1.29, 1.82) is 0 Å². The van der Waals surface area contributed by atoms with Gasteiger partial charge in [-0.15, -0.1) is 0 Å². The van der Waals surface area contributed by atoms with Crippen LogP contribution in [0.3, 0.4) is 0 Å². The van der Waals surface area contributed by atoms with Crippen LogP contribution in [0.5, 0.6) is 0 Å². The second kappa shape index (κ2) is 6.26. The van der Waals surface area contributed by atoms with Crippen molar-refractivity contribution in [3.8, 4) is 0 Å². The van der Waals surface area contributed by atoms with Crippen molar-refractivity contribution in [3.05, 3.63) is 34.9 Å². The first-order valence-electron chi connectivity index (χ1n) is 7.57. The van der Waals surface area contributed by atoms with Crippen LogP contribution in [0.1, 0.15) is 43.1 Å². The van der Waals surface area contributed by atoms with Crippen LogP contribution in [0.15, 0.2) is 12.1 Å². The number of ether oxygens (including phenoxy) is 1. The Bertz CT molecular complexity index is 637. The Balaban J connectivity index is 2.09. The molecule has 0 aliphatic carbocycles. The highest BCUT2D eigenvalue weighted by atomic mass is 19.2. The lowest BCUT2D eigenvalue weighted by Crippen LogP contribution is -2.36. The molecule has 0 spiro atoms. The van der Waals surface area contributed by atoms with Crippen molar-refractivity contribution in [2.75, 3.05) is 13.1 Å². The van der Waals surface area contributed by atoms with Crippen LogP contribution in [-0.4, -0.2) is 35.5 Å². The fourth-order valence-corrected chi connectivity index (χ4v) is 2.52. The molecular formula is C17H21F2NO3. The van der Waals surface area contributed by atoms with Gasteiger partial charge in [-0.05, 0) is 45.7 Å². The maximum atomic E-state index is 13.9. The van der Waals surface area contributed by atoms with Crippen LogP contribution in [0.2, 0.25) is 0 Å². The van der Waals surface area contributed by atoms with E-state index in [2.05, 4.69) is 0 Å². The van der Waals surface area contributed by atoms with Gasteiger partial charge >= 0.3 is 6.09 Å². The molecule has 0 saturated carbocycles. The van der Waals surface area contributed by atoms with Gasteiger partial charge in [0.1, 0.15) is 5.60 Å². The van der Waals surface area contributed by atoms with Gasteiger partial charge in [0, 0.05) is 19.0 Å². The third-order valence-electron chi connectivity index (χ3n) is 3.75. The third kappa shape index (κ3) is 3.86. The first-order chi connectivity index (χ1) is 10.6. The van der Waals surface area contributed by atoms with Crippen LogP contribution < -0.4 is 0 Å². The number of likely N-dealkylation sites (tertiary alicyclic amines) is 1. The number of benzene rings is 1. The quantitative estimate of drug-likeness (QED) is 0.779. The predicted octanol–water partition coefficient (Wildman–Crippen LogP) is 3.71. The normalized spacial score (nSPS) is 18.2. The van der Waals surface area contributed by atoms with E-state index in [1.165, 1.54) is 24.0 Å². The molecule has 0 aromatic heterocycles. The summed E-state index contributed by atoms with van der Waals surface area (Å²) in [7, 11) is 0. The number of halogens is 2. The van der Waals surface area contributed by atoms with Crippen LogP contribution in [0.25, 0.3) is 0 Å². The van der Waals surface area contributed by atoms with Crippen molar-refractivity contribution in [3.63, 3.8) is 0 Å². The van der Waals surface area contributed by atoms with E-state index >= 15 is 0 Å². The fraction of sp³-hybridized carbons (Fsp3) is 0.529. The van der Waals surface area contributed by atoms with Crippen LogP contribution >= 0.6 is 0 Å². The Kier molecular flexibility index (Phi) is 4.73. The summed E-state index contributed by atoms with van der Waals surface area (Å²) in [4.78, 5) is 25.8. The minimum atomic E-state index is -1.12. The van der Waals surface area contributed by atoms with Crippen molar-refractivity contribution < 1.29 is 23.1 Å². The summed E-state index contributed by atoms with van der Waals surface area (Å²) in [5.74, 6) is -3.14. The van der Waals surface area contributed by atoms with E-state index in [0.29, 0.717) is 13.0 Å². The fourth-order valence-electron chi connectivity index (χ4n) is 2.52. The molecule has 126 valence electrons. The SMILES string of the molecule is Cc1ccc(C(=O)C2CCN(C(=O)OC(C)(C)C)C2)c(F)c1F. The number of nitrogens with zero attached hydrogens (tertiary/aromatic N) is 1. The standard InChI is InChI=1S/C17H21F2NO3/c1-10-5-6-12(14(19)13(10)18)15(21)11-7-8-20(9-11)16(22)23-17(2,3)4/h5-6,11H,7-9H2,1-4H3. The molecule has 4 nitrogen and oxygen atoms in total. The van der Waals surface area contributed by atoms with E-state index in [9.17, 15) is 18.4 Å². The van der Waals surface area contributed by atoms with Crippen molar-refractivity contribution >= 4 is 11.9 Å². The molecule has 0 N–H and O–H groups in total. The number of ketones is 1. The molecule has 1 aliphatic rings. The van der Waals surface area contributed by atoms with Gasteiger partial charge in [-0.2, -0.15) is 0 Å². The van der Waals surface area contributed by atoms with Gasteiger partial charge in [0.25, 0.3) is 0 Å². The minimum Gasteiger partial charge on any atom is -0.444 e. The largest absolute Gasteiger partial charge is 0.444 e. The number of Topliss-reactive ketones (excluding diaryl/α,β-unsaturated/α-hetero) is 1. The highest BCUT2D eigenvalue weighted by Gasteiger charge is 2.35. The Morgan fingerprint density at radius 1 is 1.22 bits per heavy atom. The van der Waals surface area contributed by atoms with Gasteiger partial charge < -0.3 is 9.64 Å². The number of carbonyl (C=O) groups excluding carboxylic acids is 2. The summed E-state index contributed by atoms with van der Waals surface area (Å²) < 4.78 is 32.8. The lowest BCUT2D eigenvalue weighted by molar-refractivity contribution is 0.0289. The van der Waals surface area contributed by atoms with Gasteiger partial charge in [-0.25, -0.2) is 13.6 Å². The highest BCUT2D eigenvalue weighted by molar-refractivity contribution is 5.98. The Hall–Kier alpha value is -1.98. The summed E-state index contributed by atoms with van der Waals surface area (Å²) in [5.41, 5.74) is -0.726. The average molecular weight is 325 g/mol. The van der Waals surface area contributed by atoms with Gasteiger partial charge in [0.15, 0.2) is 17.4 Å². The van der Waals surface area contributed by atoms with Gasteiger partial charge in [-0.1, -0.05) is 6.07 Å².